The second-order valence-corrected chi connectivity index (χ2v) is 5.38. The predicted octanol–water partition coefficient (Wildman–Crippen LogP) is 3.27. The zero-order chi connectivity index (χ0) is 19.1. The van der Waals surface area contributed by atoms with Gasteiger partial charge in [-0.15, -0.1) is 0 Å². The molecule has 0 fully saturated rings. The molecule has 0 saturated heterocycles. The Labute approximate surface area is 153 Å². The number of methoxy groups -OCH3 is 1. The first-order valence-electron chi connectivity index (χ1n) is 7.27. The highest BCUT2D eigenvalue weighted by atomic mass is 32.1. The minimum atomic E-state index is -0.594. The van der Waals surface area contributed by atoms with Gasteiger partial charge in [-0.3, -0.25) is 20.2 Å². The number of carbonyl (C=O) groups is 1. The van der Waals surface area contributed by atoms with E-state index < -0.39 is 10.8 Å². The van der Waals surface area contributed by atoms with Crippen LogP contribution in [0.15, 0.2) is 48.5 Å². The van der Waals surface area contributed by atoms with Crippen LogP contribution >= 0.6 is 12.2 Å². The maximum Gasteiger partial charge on any atom is 0.296 e. The van der Waals surface area contributed by atoms with E-state index in [1.807, 2.05) is 0 Å². The van der Waals surface area contributed by atoms with Gasteiger partial charge in [-0.25, -0.2) is 4.39 Å². The van der Waals surface area contributed by atoms with Crippen molar-refractivity contribution in [1.82, 2.24) is 5.32 Å². The molecule has 7 nitrogen and oxygen atoms in total. The second kappa shape index (κ2) is 8.67. The summed E-state index contributed by atoms with van der Waals surface area (Å²) >= 11 is 4.99. The summed E-state index contributed by atoms with van der Waals surface area (Å²) in [6, 6.07) is 9.74. The molecular formula is C17H14FN3O4S. The number of amides is 1. The second-order valence-electron chi connectivity index (χ2n) is 4.97. The number of nitrogens with zero attached hydrogens (tertiary/aromatic N) is 1. The predicted molar refractivity (Wildman–Crippen MR) is 99.4 cm³/mol. The van der Waals surface area contributed by atoms with Gasteiger partial charge in [0.25, 0.3) is 5.69 Å². The molecule has 0 atom stereocenters. The number of rotatable bonds is 5. The Morgan fingerprint density at radius 1 is 1.27 bits per heavy atom. The monoisotopic (exact) mass is 375 g/mol. The fourth-order valence-corrected chi connectivity index (χ4v) is 2.16. The minimum Gasteiger partial charge on any atom is -0.496 e. The van der Waals surface area contributed by atoms with E-state index in [-0.39, 0.29) is 22.3 Å². The highest BCUT2D eigenvalue weighted by Crippen LogP contribution is 2.28. The van der Waals surface area contributed by atoms with Crippen molar-refractivity contribution in [2.75, 3.05) is 12.4 Å². The van der Waals surface area contributed by atoms with Gasteiger partial charge >= 0.3 is 0 Å². The smallest absolute Gasteiger partial charge is 0.296 e. The van der Waals surface area contributed by atoms with Crippen molar-refractivity contribution >= 4 is 40.7 Å². The number of nitro groups is 1. The Bertz CT molecular complexity index is 869. The Balaban J connectivity index is 2.01. The van der Waals surface area contributed by atoms with Gasteiger partial charge in [0.2, 0.25) is 5.91 Å². The van der Waals surface area contributed by atoms with Crippen LogP contribution in [-0.2, 0) is 4.79 Å². The molecule has 0 heterocycles. The number of thiocarbonyl (C=S) groups is 1. The van der Waals surface area contributed by atoms with Gasteiger partial charge in [0, 0.05) is 6.08 Å². The number of hydrogen-bond donors (Lipinski definition) is 2. The van der Waals surface area contributed by atoms with Crippen LogP contribution in [0, 0.1) is 15.9 Å². The number of ether oxygens (including phenoxy) is 1. The zero-order valence-corrected chi connectivity index (χ0v) is 14.4. The zero-order valence-electron chi connectivity index (χ0n) is 13.6. The minimum absolute atomic E-state index is 0.105. The maximum absolute atomic E-state index is 12.8. The molecule has 0 saturated carbocycles. The van der Waals surface area contributed by atoms with Crippen molar-refractivity contribution in [2.45, 2.75) is 0 Å². The molecule has 2 N–H and O–H groups in total. The summed E-state index contributed by atoms with van der Waals surface area (Å²) in [4.78, 5) is 22.4. The third kappa shape index (κ3) is 5.35. The largest absolute Gasteiger partial charge is 0.496 e. The highest BCUT2D eigenvalue weighted by Gasteiger charge is 2.16. The number of halogens is 1. The van der Waals surface area contributed by atoms with E-state index in [9.17, 15) is 19.3 Å². The Hall–Kier alpha value is -3.33. The van der Waals surface area contributed by atoms with Gasteiger partial charge < -0.3 is 10.1 Å². The van der Waals surface area contributed by atoms with E-state index in [1.165, 1.54) is 61.7 Å². The Morgan fingerprint density at radius 3 is 2.58 bits per heavy atom. The molecule has 0 aliphatic carbocycles. The number of nitrogens with one attached hydrogen (secondary N) is 2. The van der Waals surface area contributed by atoms with Gasteiger partial charge in [0.15, 0.2) is 5.11 Å². The van der Waals surface area contributed by atoms with Crippen molar-refractivity contribution in [3.8, 4) is 5.75 Å². The van der Waals surface area contributed by atoms with Crippen molar-refractivity contribution < 1.29 is 18.8 Å². The first-order valence-corrected chi connectivity index (χ1v) is 7.68. The summed E-state index contributed by atoms with van der Waals surface area (Å²) in [6.07, 6.45) is 2.69. The molecule has 0 bridgehead atoms. The van der Waals surface area contributed by atoms with Gasteiger partial charge in [-0.05, 0) is 48.1 Å². The summed E-state index contributed by atoms with van der Waals surface area (Å²) < 4.78 is 17.8. The molecule has 0 aliphatic rings. The number of anilines is 1. The van der Waals surface area contributed by atoms with Gasteiger partial charge in [0.1, 0.15) is 17.3 Å². The topological polar surface area (TPSA) is 93.5 Å². The standard InChI is InChI=1S/C17H14FN3O4S/c1-25-13-7-8-14(15(10-13)21(23)24)19-17(26)20-16(22)9-4-11-2-5-12(18)6-3-11/h2-10H,1H3,(H2,19,20,22,26)/b9-4+. The van der Waals surface area contributed by atoms with E-state index in [0.717, 1.165) is 0 Å². The fourth-order valence-electron chi connectivity index (χ4n) is 1.95. The van der Waals surface area contributed by atoms with E-state index in [4.69, 9.17) is 17.0 Å². The van der Waals surface area contributed by atoms with Crippen LogP contribution in [0.1, 0.15) is 5.56 Å². The van der Waals surface area contributed by atoms with E-state index >= 15 is 0 Å². The number of nitro benzene ring substituents is 1. The summed E-state index contributed by atoms with van der Waals surface area (Å²) in [7, 11) is 1.39. The SMILES string of the molecule is COc1ccc(NC(=S)NC(=O)/C=C/c2ccc(F)cc2)c([N+](=O)[O-])c1. The van der Waals surface area contributed by atoms with Crippen molar-refractivity contribution in [3.05, 3.63) is 70.0 Å². The van der Waals surface area contributed by atoms with Crippen LogP contribution in [0.4, 0.5) is 15.8 Å². The lowest BCUT2D eigenvalue weighted by Crippen LogP contribution is -2.33. The lowest BCUT2D eigenvalue weighted by atomic mass is 10.2. The summed E-state index contributed by atoms with van der Waals surface area (Å²) in [6.45, 7) is 0. The number of carbonyl (C=O) groups excluding carboxylic acids is 1. The fraction of sp³-hybridized carbons (Fsp3) is 0.0588. The molecule has 134 valence electrons. The molecule has 26 heavy (non-hydrogen) atoms. The van der Waals surface area contributed by atoms with Crippen LogP contribution in [0.25, 0.3) is 6.08 Å². The van der Waals surface area contributed by atoms with Crippen LogP contribution in [0.5, 0.6) is 5.75 Å². The first-order chi connectivity index (χ1) is 12.4. The normalized spacial score (nSPS) is 10.4. The van der Waals surface area contributed by atoms with Crippen LogP contribution in [0.3, 0.4) is 0 Å². The quantitative estimate of drug-likeness (QED) is 0.361. The lowest BCUT2D eigenvalue weighted by molar-refractivity contribution is -0.384. The first kappa shape index (κ1) is 19.0. The molecular weight excluding hydrogens is 361 g/mol. The molecule has 0 spiro atoms. The third-order valence-corrected chi connectivity index (χ3v) is 3.39. The molecule has 2 aromatic rings. The van der Waals surface area contributed by atoms with Crippen molar-refractivity contribution in [1.29, 1.82) is 0 Å². The van der Waals surface area contributed by atoms with Gasteiger partial charge in [-0.2, -0.15) is 0 Å². The maximum atomic E-state index is 12.8. The molecule has 0 aliphatic heterocycles. The van der Waals surface area contributed by atoms with Crippen LogP contribution < -0.4 is 15.4 Å². The molecule has 0 radical (unpaired) electrons. The van der Waals surface area contributed by atoms with Crippen molar-refractivity contribution in [2.24, 2.45) is 0 Å². The van der Waals surface area contributed by atoms with E-state index in [0.29, 0.717) is 11.3 Å². The third-order valence-electron chi connectivity index (χ3n) is 3.18. The van der Waals surface area contributed by atoms with Crippen LogP contribution in [0.2, 0.25) is 0 Å². The van der Waals surface area contributed by atoms with Crippen LogP contribution in [-0.4, -0.2) is 23.1 Å². The lowest BCUT2D eigenvalue weighted by Gasteiger charge is -2.09. The summed E-state index contributed by atoms with van der Waals surface area (Å²) in [5, 5.41) is 16.0. The number of hydrogen-bond acceptors (Lipinski definition) is 5. The van der Waals surface area contributed by atoms with E-state index in [2.05, 4.69) is 10.6 Å². The molecule has 0 aromatic heterocycles. The summed E-state index contributed by atoms with van der Waals surface area (Å²) in [5.41, 5.74) is 0.498. The summed E-state index contributed by atoms with van der Waals surface area (Å²) in [5.74, 6) is -0.597. The van der Waals surface area contributed by atoms with Gasteiger partial charge in [-0.1, -0.05) is 12.1 Å². The highest BCUT2D eigenvalue weighted by molar-refractivity contribution is 7.80. The molecule has 9 heteroatoms. The average molecular weight is 375 g/mol. The van der Waals surface area contributed by atoms with E-state index in [1.54, 1.807) is 0 Å². The number of benzene rings is 2. The molecule has 0 unspecified atom stereocenters. The average Bonchev–Trinajstić information content (AvgIpc) is 2.61. The molecule has 2 aromatic carbocycles. The van der Waals surface area contributed by atoms with Crippen molar-refractivity contribution in [3.63, 3.8) is 0 Å². The Kier molecular flexibility index (Phi) is 6.34. The molecule has 1 amide bonds. The molecule has 2 rings (SSSR count). The Morgan fingerprint density at radius 2 is 1.96 bits per heavy atom. The van der Waals surface area contributed by atoms with Gasteiger partial charge in [0.05, 0.1) is 18.1 Å².